The van der Waals surface area contributed by atoms with Crippen molar-refractivity contribution in [3.05, 3.63) is 23.7 Å². The van der Waals surface area contributed by atoms with Gasteiger partial charge in [-0.05, 0) is 63.9 Å². The molecule has 5 rings (SSSR count). The number of thiazole rings is 1. The van der Waals surface area contributed by atoms with E-state index >= 15 is 0 Å². The van der Waals surface area contributed by atoms with E-state index < -0.39 is 0 Å². The first-order chi connectivity index (χ1) is 15.1. The molecule has 2 saturated carbocycles. The minimum atomic E-state index is 0.256. The van der Waals surface area contributed by atoms with Crippen molar-refractivity contribution in [2.45, 2.75) is 58.4 Å². The Hall–Kier alpha value is -2.32. The van der Waals surface area contributed by atoms with Gasteiger partial charge >= 0.3 is 0 Å². The Morgan fingerprint density at radius 1 is 1.06 bits per heavy atom. The third-order valence-electron chi connectivity index (χ3n) is 6.71. The summed E-state index contributed by atoms with van der Waals surface area (Å²) in [6.45, 7) is 5.22. The molecule has 2 atom stereocenters. The van der Waals surface area contributed by atoms with Crippen molar-refractivity contribution in [2.75, 3.05) is 23.8 Å². The molecule has 3 aromatic heterocycles. The number of rotatable bonds is 7. The SMILES string of the molecule is Cc1nc(NCC2CCC2)nc(NC2CCC(CO)C2)c1-c1nc2c(C)nccc2s1. The van der Waals surface area contributed by atoms with Gasteiger partial charge in [0.05, 0.1) is 21.7 Å². The normalized spacial score (nSPS) is 21.4. The fraction of sp³-hybridized carbons (Fsp3) is 0.565. The van der Waals surface area contributed by atoms with Gasteiger partial charge in [-0.15, -0.1) is 11.3 Å². The van der Waals surface area contributed by atoms with Crippen molar-refractivity contribution in [3.8, 4) is 10.6 Å². The van der Waals surface area contributed by atoms with E-state index in [4.69, 9.17) is 15.0 Å². The zero-order chi connectivity index (χ0) is 21.4. The quantitative estimate of drug-likeness (QED) is 0.498. The van der Waals surface area contributed by atoms with Gasteiger partial charge in [-0.1, -0.05) is 6.42 Å². The molecule has 3 N–H and O–H groups in total. The largest absolute Gasteiger partial charge is 0.396 e. The van der Waals surface area contributed by atoms with Gasteiger partial charge in [0.25, 0.3) is 0 Å². The van der Waals surface area contributed by atoms with Gasteiger partial charge in [0.2, 0.25) is 5.95 Å². The summed E-state index contributed by atoms with van der Waals surface area (Å²) in [5, 5.41) is 17.6. The number of aliphatic hydroxyl groups is 1. The van der Waals surface area contributed by atoms with Crippen molar-refractivity contribution in [1.29, 1.82) is 0 Å². The maximum absolute atomic E-state index is 9.55. The van der Waals surface area contributed by atoms with Crippen molar-refractivity contribution in [1.82, 2.24) is 19.9 Å². The summed E-state index contributed by atoms with van der Waals surface area (Å²) < 4.78 is 1.13. The van der Waals surface area contributed by atoms with E-state index in [9.17, 15) is 5.11 Å². The smallest absolute Gasteiger partial charge is 0.224 e. The van der Waals surface area contributed by atoms with E-state index in [2.05, 4.69) is 15.6 Å². The number of hydrogen-bond donors (Lipinski definition) is 3. The molecule has 0 saturated heterocycles. The van der Waals surface area contributed by atoms with Crippen LogP contribution in [0, 0.1) is 25.7 Å². The summed E-state index contributed by atoms with van der Waals surface area (Å²) >= 11 is 1.66. The van der Waals surface area contributed by atoms with Crippen LogP contribution in [0.25, 0.3) is 20.8 Å². The standard InChI is InChI=1S/C23H30N6OS/c1-13-19(22-28-20-14(2)24-9-8-18(20)31-22)21(27-17-7-6-16(10-17)12-30)29-23(26-13)25-11-15-4-3-5-15/h8-9,15-17,30H,3-7,10-12H2,1-2H3,(H2,25,26,27,29). The minimum Gasteiger partial charge on any atom is -0.396 e. The van der Waals surface area contributed by atoms with Crippen LogP contribution in [0.1, 0.15) is 49.9 Å². The number of aromatic nitrogens is 4. The molecule has 7 nitrogen and oxygen atoms in total. The van der Waals surface area contributed by atoms with Gasteiger partial charge in [0, 0.05) is 25.4 Å². The molecule has 0 radical (unpaired) electrons. The molecule has 0 aliphatic heterocycles. The van der Waals surface area contributed by atoms with Gasteiger partial charge < -0.3 is 15.7 Å². The third-order valence-corrected chi connectivity index (χ3v) is 7.75. The maximum atomic E-state index is 9.55. The lowest BCUT2D eigenvalue weighted by Crippen LogP contribution is -2.23. The second-order valence-electron chi connectivity index (χ2n) is 9.00. The highest BCUT2D eigenvalue weighted by atomic mass is 32.1. The predicted molar refractivity (Wildman–Crippen MR) is 126 cm³/mol. The van der Waals surface area contributed by atoms with E-state index in [-0.39, 0.29) is 6.61 Å². The number of hydrogen-bond acceptors (Lipinski definition) is 8. The molecule has 2 aliphatic carbocycles. The average molecular weight is 439 g/mol. The van der Waals surface area contributed by atoms with Crippen LogP contribution < -0.4 is 10.6 Å². The van der Waals surface area contributed by atoms with E-state index in [1.165, 1.54) is 19.3 Å². The molecule has 3 aromatic rings. The van der Waals surface area contributed by atoms with Crippen LogP contribution in [-0.4, -0.2) is 44.2 Å². The molecule has 31 heavy (non-hydrogen) atoms. The van der Waals surface area contributed by atoms with Crippen molar-refractivity contribution in [3.63, 3.8) is 0 Å². The first kappa shape index (κ1) is 20.6. The molecule has 0 bridgehead atoms. The Morgan fingerprint density at radius 2 is 1.94 bits per heavy atom. The highest BCUT2D eigenvalue weighted by Gasteiger charge is 2.27. The Bertz CT molecular complexity index is 1080. The topological polar surface area (TPSA) is 95.9 Å². The zero-order valence-electron chi connectivity index (χ0n) is 18.2. The van der Waals surface area contributed by atoms with Gasteiger partial charge in [-0.25, -0.2) is 9.97 Å². The summed E-state index contributed by atoms with van der Waals surface area (Å²) in [4.78, 5) is 19.0. The molecule has 0 spiro atoms. The Kier molecular flexibility index (Phi) is 5.75. The number of pyridine rings is 1. The Morgan fingerprint density at radius 3 is 2.65 bits per heavy atom. The second-order valence-corrected chi connectivity index (χ2v) is 10.0. The highest BCUT2D eigenvalue weighted by molar-refractivity contribution is 7.21. The second kappa shape index (κ2) is 8.67. The summed E-state index contributed by atoms with van der Waals surface area (Å²) in [5.74, 6) is 2.64. The van der Waals surface area contributed by atoms with Crippen LogP contribution in [0.5, 0.6) is 0 Å². The molecule has 3 heterocycles. The van der Waals surface area contributed by atoms with E-state index in [1.54, 1.807) is 11.3 Å². The monoisotopic (exact) mass is 438 g/mol. The fourth-order valence-corrected chi connectivity index (χ4v) is 5.71. The lowest BCUT2D eigenvalue weighted by atomic mass is 9.85. The van der Waals surface area contributed by atoms with Crippen molar-refractivity contribution >= 4 is 33.3 Å². The summed E-state index contributed by atoms with van der Waals surface area (Å²) in [6.07, 6.45) is 8.80. The summed E-state index contributed by atoms with van der Waals surface area (Å²) in [5.41, 5.74) is 3.78. The Labute approximate surface area is 186 Å². The van der Waals surface area contributed by atoms with Crippen molar-refractivity contribution < 1.29 is 5.11 Å². The molecule has 0 aromatic carbocycles. The van der Waals surface area contributed by atoms with Crippen LogP contribution in [0.2, 0.25) is 0 Å². The third kappa shape index (κ3) is 4.23. The van der Waals surface area contributed by atoms with E-state index in [0.717, 1.165) is 69.7 Å². The highest BCUT2D eigenvalue weighted by Crippen LogP contribution is 2.38. The Balaban J connectivity index is 1.50. The summed E-state index contributed by atoms with van der Waals surface area (Å²) in [6, 6.07) is 2.33. The molecule has 8 heteroatoms. The van der Waals surface area contributed by atoms with E-state index in [1.807, 2.05) is 26.1 Å². The molecule has 2 aliphatic rings. The van der Waals surface area contributed by atoms with Gasteiger partial charge in [0.15, 0.2) is 0 Å². The minimum absolute atomic E-state index is 0.256. The first-order valence-electron chi connectivity index (χ1n) is 11.3. The lowest BCUT2D eigenvalue weighted by molar-refractivity contribution is 0.229. The number of anilines is 2. The zero-order valence-corrected chi connectivity index (χ0v) is 19.0. The molecule has 2 unspecified atom stereocenters. The van der Waals surface area contributed by atoms with Crippen LogP contribution >= 0.6 is 11.3 Å². The van der Waals surface area contributed by atoms with Crippen LogP contribution in [0.15, 0.2) is 12.3 Å². The first-order valence-corrected chi connectivity index (χ1v) is 12.1. The van der Waals surface area contributed by atoms with Crippen LogP contribution in [-0.2, 0) is 0 Å². The molecule has 0 amide bonds. The molecule has 164 valence electrons. The van der Waals surface area contributed by atoms with Crippen LogP contribution in [0.4, 0.5) is 11.8 Å². The van der Waals surface area contributed by atoms with Crippen LogP contribution in [0.3, 0.4) is 0 Å². The van der Waals surface area contributed by atoms with Crippen molar-refractivity contribution in [2.24, 2.45) is 11.8 Å². The average Bonchev–Trinajstić information content (AvgIpc) is 3.34. The summed E-state index contributed by atoms with van der Waals surface area (Å²) in [7, 11) is 0. The van der Waals surface area contributed by atoms with Gasteiger partial charge in [-0.3, -0.25) is 4.98 Å². The molecular formula is C23H30N6OS. The molecule has 2 fully saturated rings. The molecular weight excluding hydrogens is 408 g/mol. The van der Waals surface area contributed by atoms with Gasteiger partial charge in [-0.2, -0.15) is 4.98 Å². The van der Waals surface area contributed by atoms with E-state index in [0.29, 0.717) is 17.9 Å². The van der Waals surface area contributed by atoms with Gasteiger partial charge in [0.1, 0.15) is 16.3 Å². The number of nitrogens with one attached hydrogen (secondary N) is 2. The maximum Gasteiger partial charge on any atom is 0.224 e. The number of nitrogens with zero attached hydrogens (tertiary/aromatic N) is 4. The number of aryl methyl sites for hydroxylation is 2. The lowest BCUT2D eigenvalue weighted by Gasteiger charge is -2.25. The predicted octanol–water partition coefficient (Wildman–Crippen LogP) is 4.55. The fourth-order valence-electron chi connectivity index (χ4n) is 4.60. The number of fused-ring (bicyclic) bond motifs is 1. The number of aliphatic hydroxyl groups excluding tert-OH is 1.